The Morgan fingerprint density at radius 3 is 2.41 bits per heavy atom. The Morgan fingerprint density at radius 1 is 1.11 bits per heavy atom. The van der Waals surface area contributed by atoms with Crippen LogP contribution < -0.4 is 0 Å². The zero-order valence-electron chi connectivity index (χ0n) is 15.2. The van der Waals surface area contributed by atoms with Crippen LogP contribution in [0.3, 0.4) is 0 Å². The lowest BCUT2D eigenvalue weighted by atomic mass is 10.1. The van der Waals surface area contributed by atoms with E-state index in [4.69, 9.17) is 0 Å². The SMILES string of the molecule is Cc1ccc(S(=O)(=O)n2cc(C(=O)/C=C/N(C)C)c3ccc(I)cc32)cc1. The summed E-state index contributed by atoms with van der Waals surface area (Å²) in [6, 6.07) is 12.1. The number of carbonyl (C=O) groups excluding carboxylic acids is 1. The fourth-order valence-electron chi connectivity index (χ4n) is 2.70. The molecule has 0 N–H and O–H groups in total. The van der Waals surface area contributed by atoms with E-state index < -0.39 is 10.0 Å². The van der Waals surface area contributed by atoms with Gasteiger partial charge in [0, 0.05) is 47.1 Å². The van der Waals surface area contributed by atoms with Crippen LogP contribution in [0.1, 0.15) is 15.9 Å². The van der Waals surface area contributed by atoms with E-state index in [1.807, 2.05) is 27.1 Å². The molecule has 3 rings (SSSR count). The van der Waals surface area contributed by atoms with E-state index in [1.165, 1.54) is 16.2 Å². The number of hydrogen-bond donors (Lipinski definition) is 0. The van der Waals surface area contributed by atoms with Crippen molar-refractivity contribution in [3.05, 3.63) is 75.6 Å². The Labute approximate surface area is 172 Å². The Morgan fingerprint density at radius 2 is 1.78 bits per heavy atom. The maximum Gasteiger partial charge on any atom is 0.268 e. The van der Waals surface area contributed by atoms with Crippen molar-refractivity contribution in [1.82, 2.24) is 8.87 Å². The quantitative estimate of drug-likeness (QED) is 0.305. The van der Waals surface area contributed by atoms with E-state index in [9.17, 15) is 13.2 Å². The number of aromatic nitrogens is 1. The molecule has 0 aliphatic carbocycles. The molecule has 27 heavy (non-hydrogen) atoms. The summed E-state index contributed by atoms with van der Waals surface area (Å²) in [7, 11) is -0.183. The Balaban J connectivity index is 2.23. The molecule has 0 unspecified atom stereocenters. The minimum atomic E-state index is -3.82. The van der Waals surface area contributed by atoms with Gasteiger partial charge in [-0.25, -0.2) is 12.4 Å². The van der Waals surface area contributed by atoms with Gasteiger partial charge in [0.25, 0.3) is 10.0 Å². The summed E-state index contributed by atoms with van der Waals surface area (Å²) in [5.74, 6) is -0.243. The molecule has 0 atom stereocenters. The number of allylic oxidation sites excluding steroid dienone is 1. The maximum atomic E-state index is 13.2. The largest absolute Gasteiger partial charge is 0.383 e. The molecule has 0 aliphatic heterocycles. The number of benzene rings is 2. The average Bonchev–Trinajstić information content (AvgIpc) is 2.99. The molecule has 0 amide bonds. The molecular formula is C20H19IN2O3S. The Bertz CT molecular complexity index is 1140. The predicted molar refractivity (Wildman–Crippen MR) is 116 cm³/mol. The molecule has 0 bridgehead atoms. The number of hydrogen-bond acceptors (Lipinski definition) is 4. The summed E-state index contributed by atoms with van der Waals surface area (Å²) < 4.78 is 28.5. The number of aryl methyl sites for hydroxylation is 1. The lowest BCUT2D eigenvalue weighted by molar-refractivity contribution is 0.104. The van der Waals surface area contributed by atoms with Crippen LogP contribution in [0.25, 0.3) is 10.9 Å². The number of carbonyl (C=O) groups is 1. The van der Waals surface area contributed by atoms with Crippen molar-refractivity contribution in [2.24, 2.45) is 0 Å². The topological polar surface area (TPSA) is 59.4 Å². The van der Waals surface area contributed by atoms with Gasteiger partial charge in [0.2, 0.25) is 0 Å². The first-order chi connectivity index (χ1) is 12.7. The standard InChI is InChI=1S/C20H19IN2O3S/c1-14-4-7-16(8-5-14)27(25,26)23-13-18(20(24)10-11-22(2)3)17-9-6-15(21)12-19(17)23/h4-13H,1-3H3/b11-10+. The molecule has 0 fully saturated rings. The van der Waals surface area contributed by atoms with Gasteiger partial charge in [0.05, 0.1) is 10.4 Å². The molecule has 1 aromatic heterocycles. The molecule has 0 aliphatic rings. The van der Waals surface area contributed by atoms with Crippen molar-refractivity contribution in [3.63, 3.8) is 0 Å². The molecule has 1 heterocycles. The summed E-state index contributed by atoms with van der Waals surface area (Å²) in [4.78, 5) is 14.6. The van der Waals surface area contributed by atoms with Crippen molar-refractivity contribution in [2.45, 2.75) is 11.8 Å². The molecule has 7 heteroatoms. The third kappa shape index (κ3) is 3.93. The van der Waals surface area contributed by atoms with Gasteiger partial charge in [-0.05, 0) is 53.8 Å². The van der Waals surface area contributed by atoms with E-state index in [-0.39, 0.29) is 10.7 Å². The van der Waals surface area contributed by atoms with Crippen LogP contribution in [0.15, 0.2) is 65.8 Å². The van der Waals surface area contributed by atoms with Crippen LogP contribution in [0.2, 0.25) is 0 Å². The monoisotopic (exact) mass is 494 g/mol. The summed E-state index contributed by atoms with van der Waals surface area (Å²) in [6.07, 6.45) is 4.50. The van der Waals surface area contributed by atoms with Crippen molar-refractivity contribution >= 4 is 49.3 Å². The number of halogens is 1. The van der Waals surface area contributed by atoms with Crippen LogP contribution in [0.5, 0.6) is 0 Å². The van der Waals surface area contributed by atoms with E-state index >= 15 is 0 Å². The van der Waals surface area contributed by atoms with Gasteiger partial charge in [-0.15, -0.1) is 0 Å². The smallest absolute Gasteiger partial charge is 0.268 e. The molecule has 2 aromatic carbocycles. The lowest BCUT2D eigenvalue weighted by Crippen LogP contribution is -2.12. The molecule has 0 saturated heterocycles. The van der Waals surface area contributed by atoms with Crippen molar-refractivity contribution in [3.8, 4) is 0 Å². The van der Waals surface area contributed by atoms with E-state index in [0.29, 0.717) is 16.5 Å². The Kier molecular flexibility index (Phi) is 5.43. The highest BCUT2D eigenvalue weighted by molar-refractivity contribution is 14.1. The van der Waals surface area contributed by atoms with Gasteiger partial charge >= 0.3 is 0 Å². The maximum absolute atomic E-state index is 13.2. The normalized spacial score (nSPS) is 12.0. The number of fused-ring (bicyclic) bond motifs is 1. The third-order valence-corrected chi connectivity index (χ3v) is 6.46. The van der Waals surface area contributed by atoms with Gasteiger partial charge < -0.3 is 4.90 Å². The lowest BCUT2D eigenvalue weighted by Gasteiger charge is -2.08. The van der Waals surface area contributed by atoms with E-state index in [2.05, 4.69) is 22.6 Å². The first kappa shape index (κ1) is 19.6. The minimum Gasteiger partial charge on any atom is -0.383 e. The second-order valence-corrected chi connectivity index (χ2v) is 9.52. The van der Waals surface area contributed by atoms with Crippen LogP contribution >= 0.6 is 22.6 Å². The van der Waals surface area contributed by atoms with E-state index in [1.54, 1.807) is 47.5 Å². The first-order valence-electron chi connectivity index (χ1n) is 8.22. The first-order valence-corrected chi connectivity index (χ1v) is 10.7. The van der Waals surface area contributed by atoms with Gasteiger partial charge in [-0.3, -0.25) is 4.79 Å². The fraction of sp³-hybridized carbons (Fsp3) is 0.150. The fourth-order valence-corrected chi connectivity index (χ4v) is 4.53. The molecule has 0 saturated carbocycles. The van der Waals surface area contributed by atoms with Crippen LogP contribution in [-0.2, 0) is 10.0 Å². The molecule has 0 radical (unpaired) electrons. The number of nitrogens with zero attached hydrogens (tertiary/aromatic N) is 2. The van der Waals surface area contributed by atoms with Crippen LogP contribution in [0, 0.1) is 10.5 Å². The molecule has 5 nitrogen and oxygen atoms in total. The van der Waals surface area contributed by atoms with E-state index in [0.717, 1.165) is 9.13 Å². The highest BCUT2D eigenvalue weighted by Crippen LogP contribution is 2.28. The summed E-state index contributed by atoms with van der Waals surface area (Å²) in [5, 5.41) is 0.611. The minimum absolute atomic E-state index is 0.187. The number of ketones is 1. The summed E-state index contributed by atoms with van der Waals surface area (Å²) >= 11 is 2.13. The van der Waals surface area contributed by atoms with Gasteiger partial charge in [0.1, 0.15) is 0 Å². The Hall–Kier alpha value is -2.13. The summed E-state index contributed by atoms with van der Waals surface area (Å²) in [5.41, 5.74) is 1.82. The second kappa shape index (κ2) is 7.47. The van der Waals surface area contributed by atoms with Crippen molar-refractivity contribution in [1.29, 1.82) is 0 Å². The number of rotatable bonds is 5. The third-order valence-electron chi connectivity index (χ3n) is 4.10. The predicted octanol–water partition coefficient (Wildman–Crippen LogP) is 4.05. The summed E-state index contributed by atoms with van der Waals surface area (Å²) in [6.45, 7) is 1.90. The zero-order chi connectivity index (χ0) is 19.8. The van der Waals surface area contributed by atoms with Gasteiger partial charge in [-0.2, -0.15) is 0 Å². The van der Waals surface area contributed by atoms with Crippen LogP contribution in [0.4, 0.5) is 0 Å². The molecular weight excluding hydrogens is 475 g/mol. The van der Waals surface area contributed by atoms with Gasteiger partial charge in [-0.1, -0.05) is 23.8 Å². The second-order valence-electron chi connectivity index (χ2n) is 6.46. The highest BCUT2D eigenvalue weighted by Gasteiger charge is 2.23. The van der Waals surface area contributed by atoms with Crippen LogP contribution in [-0.4, -0.2) is 37.2 Å². The highest BCUT2D eigenvalue weighted by atomic mass is 127. The average molecular weight is 494 g/mol. The molecule has 140 valence electrons. The molecule has 0 spiro atoms. The van der Waals surface area contributed by atoms with Crippen molar-refractivity contribution < 1.29 is 13.2 Å². The zero-order valence-corrected chi connectivity index (χ0v) is 18.2. The molecule has 3 aromatic rings. The van der Waals surface area contributed by atoms with Gasteiger partial charge in [0.15, 0.2) is 5.78 Å². The van der Waals surface area contributed by atoms with Crippen molar-refractivity contribution in [2.75, 3.05) is 14.1 Å².